The van der Waals surface area contributed by atoms with E-state index in [1.54, 1.807) is 0 Å². The van der Waals surface area contributed by atoms with E-state index in [-0.39, 0.29) is 36.1 Å². The molecule has 0 radical (unpaired) electrons. The molecule has 1 unspecified atom stereocenters. The number of hydrogen-bond donors (Lipinski definition) is 2. The Bertz CT molecular complexity index is 1030. The minimum atomic E-state index is -5.01. The number of carbonyl (C=O) groups is 2. The number of nitrogens with zero attached hydrogens (tertiary/aromatic N) is 2. The molecule has 3 heterocycles. The molecule has 1 aromatic heterocycles. The van der Waals surface area contributed by atoms with E-state index in [4.69, 9.17) is 0 Å². The summed E-state index contributed by atoms with van der Waals surface area (Å²) in [4.78, 5) is 30.6. The molecule has 1 atom stereocenters. The van der Waals surface area contributed by atoms with Crippen molar-refractivity contribution in [3.63, 3.8) is 0 Å². The van der Waals surface area contributed by atoms with Gasteiger partial charge in [-0.25, -0.2) is 0 Å². The van der Waals surface area contributed by atoms with Gasteiger partial charge in [-0.15, -0.1) is 0 Å². The van der Waals surface area contributed by atoms with Gasteiger partial charge in [0.2, 0.25) is 5.91 Å². The smallest absolute Gasteiger partial charge is 0.324 e. The van der Waals surface area contributed by atoms with Crippen LogP contribution in [0.1, 0.15) is 21.5 Å². The highest BCUT2D eigenvalue weighted by Crippen LogP contribution is 2.39. The van der Waals surface area contributed by atoms with E-state index >= 15 is 0 Å². The number of rotatable bonds is 1. The monoisotopic (exact) mass is 444 g/mol. The molecule has 2 N–H and O–H groups in total. The maximum Gasteiger partial charge on any atom is 0.416 e. The molecule has 12 heteroatoms. The zero-order valence-corrected chi connectivity index (χ0v) is 15.6. The number of alkyl halides is 6. The van der Waals surface area contributed by atoms with E-state index in [1.165, 1.54) is 4.90 Å². The highest BCUT2D eigenvalue weighted by molar-refractivity contribution is 6.10. The normalized spacial score (nSPS) is 19.4. The molecular formula is C19H14F6N4O2. The molecule has 4 rings (SSSR count). The highest BCUT2D eigenvalue weighted by atomic mass is 19.4. The number of fused-ring (bicyclic) bond motifs is 2. The van der Waals surface area contributed by atoms with Crippen LogP contribution in [0, 0.1) is 0 Å². The summed E-state index contributed by atoms with van der Waals surface area (Å²) in [6, 6.07) is 1.40. The number of hydrogen-bond acceptors (Lipinski definition) is 4. The molecule has 1 saturated heterocycles. The lowest BCUT2D eigenvalue weighted by molar-refractivity contribution is -0.143. The fourth-order valence-electron chi connectivity index (χ4n) is 3.54. The van der Waals surface area contributed by atoms with Gasteiger partial charge in [0.1, 0.15) is 6.04 Å². The molecule has 1 fully saturated rings. The molecule has 6 nitrogen and oxygen atoms in total. The Balaban J connectivity index is 1.83. The van der Waals surface area contributed by atoms with Gasteiger partial charge in [-0.2, -0.15) is 26.3 Å². The first-order valence-electron chi connectivity index (χ1n) is 9.07. The summed E-state index contributed by atoms with van der Waals surface area (Å²) in [5.41, 5.74) is -3.71. The standard InChI is InChI=1S/C19H14F6N4O2/c20-18(21,22)10-3-9(4-11(5-10)19(23,24)25)13-6-12-14(7-27-13)28-16(30)15-8-26-1-2-29(15)17(12)31/h3-7,15,26H,1-2,8H2,(H,28,30). The third kappa shape index (κ3) is 3.94. The second-order valence-electron chi connectivity index (χ2n) is 7.12. The quantitative estimate of drug-likeness (QED) is 0.663. The number of nitrogens with one attached hydrogen (secondary N) is 2. The summed E-state index contributed by atoms with van der Waals surface area (Å²) in [5.74, 6) is -1.03. The van der Waals surface area contributed by atoms with Gasteiger partial charge in [0, 0.05) is 25.2 Å². The largest absolute Gasteiger partial charge is 0.416 e. The molecule has 0 spiro atoms. The van der Waals surface area contributed by atoms with Crippen molar-refractivity contribution in [2.45, 2.75) is 18.4 Å². The van der Waals surface area contributed by atoms with Gasteiger partial charge >= 0.3 is 12.4 Å². The van der Waals surface area contributed by atoms with E-state index in [2.05, 4.69) is 15.6 Å². The summed E-state index contributed by atoms with van der Waals surface area (Å²) in [7, 11) is 0. The van der Waals surface area contributed by atoms with E-state index in [9.17, 15) is 35.9 Å². The van der Waals surface area contributed by atoms with Crippen molar-refractivity contribution in [2.24, 2.45) is 0 Å². The number of pyridine rings is 1. The van der Waals surface area contributed by atoms with E-state index in [0.717, 1.165) is 12.3 Å². The molecule has 31 heavy (non-hydrogen) atoms. The average Bonchev–Trinajstić information content (AvgIpc) is 2.81. The van der Waals surface area contributed by atoms with Crippen LogP contribution in [0.2, 0.25) is 0 Å². The number of amides is 2. The lowest BCUT2D eigenvalue weighted by Gasteiger charge is -2.33. The number of carbonyl (C=O) groups excluding carboxylic acids is 2. The summed E-state index contributed by atoms with van der Waals surface area (Å²) in [6.45, 7) is 0.871. The Hall–Kier alpha value is -3.15. The molecule has 2 amide bonds. The number of aromatic nitrogens is 1. The predicted octanol–water partition coefficient (Wildman–Crippen LogP) is 3.15. The summed E-state index contributed by atoms with van der Waals surface area (Å²) in [5, 5.41) is 5.52. The Morgan fingerprint density at radius 3 is 2.23 bits per heavy atom. The van der Waals surface area contributed by atoms with Crippen LogP contribution < -0.4 is 10.6 Å². The minimum absolute atomic E-state index is 0.0175. The van der Waals surface area contributed by atoms with Crippen molar-refractivity contribution < 1.29 is 35.9 Å². The molecule has 164 valence electrons. The third-order valence-electron chi connectivity index (χ3n) is 5.08. The predicted molar refractivity (Wildman–Crippen MR) is 96.0 cm³/mol. The topological polar surface area (TPSA) is 74.3 Å². The molecule has 0 aliphatic carbocycles. The molecular weight excluding hydrogens is 430 g/mol. The Kier molecular flexibility index (Phi) is 4.91. The zero-order chi connectivity index (χ0) is 22.6. The first-order chi connectivity index (χ1) is 14.4. The first kappa shape index (κ1) is 21.1. The van der Waals surface area contributed by atoms with Gasteiger partial charge in [-0.05, 0) is 24.3 Å². The van der Waals surface area contributed by atoms with E-state index < -0.39 is 46.9 Å². The van der Waals surface area contributed by atoms with Crippen LogP contribution in [0.3, 0.4) is 0 Å². The van der Waals surface area contributed by atoms with Gasteiger partial charge in [-0.3, -0.25) is 14.6 Å². The number of piperazine rings is 1. The van der Waals surface area contributed by atoms with Crippen molar-refractivity contribution in [3.05, 3.63) is 47.2 Å². The zero-order valence-electron chi connectivity index (χ0n) is 15.6. The lowest BCUT2D eigenvalue weighted by Crippen LogP contribution is -2.57. The number of benzene rings is 1. The van der Waals surface area contributed by atoms with Gasteiger partial charge in [-0.1, -0.05) is 0 Å². The molecule has 1 aromatic carbocycles. The second-order valence-corrected chi connectivity index (χ2v) is 7.12. The first-order valence-corrected chi connectivity index (χ1v) is 9.07. The van der Waals surface area contributed by atoms with Crippen LogP contribution in [-0.4, -0.2) is 47.4 Å². The number of anilines is 1. The maximum atomic E-state index is 13.2. The minimum Gasteiger partial charge on any atom is -0.324 e. The maximum absolute atomic E-state index is 13.2. The Morgan fingerprint density at radius 2 is 1.61 bits per heavy atom. The summed E-state index contributed by atoms with van der Waals surface area (Å²) in [6.07, 6.45) is -8.97. The second kappa shape index (κ2) is 7.22. The molecule has 2 aliphatic rings. The van der Waals surface area contributed by atoms with Crippen molar-refractivity contribution in [1.29, 1.82) is 0 Å². The van der Waals surface area contributed by atoms with E-state index in [0.29, 0.717) is 18.7 Å². The average molecular weight is 444 g/mol. The Labute approximate surface area is 171 Å². The van der Waals surface area contributed by atoms with E-state index in [1.807, 2.05) is 0 Å². The van der Waals surface area contributed by atoms with Crippen LogP contribution in [0.15, 0.2) is 30.5 Å². The fourth-order valence-corrected chi connectivity index (χ4v) is 3.54. The fraction of sp³-hybridized carbons (Fsp3) is 0.316. The van der Waals surface area contributed by atoms with Crippen LogP contribution in [0.25, 0.3) is 11.3 Å². The molecule has 0 bridgehead atoms. The van der Waals surface area contributed by atoms with Gasteiger partial charge in [0.05, 0.1) is 34.3 Å². The van der Waals surface area contributed by atoms with Crippen molar-refractivity contribution in [3.8, 4) is 11.3 Å². The Morgan fingerprint density at radius 1 is 0.968 bits per heavy atom. The molecule has 0 saturated carbocycles. The van der Waals surface area contributed by atoms with Gasteiger partial charge < -0.3 is 15.5 Å². The van der Waals surface area contributed by atoms with Crippen molar-refractivity contribution in [2.75, 3.05) is 25.0 Å². The molecule has 2 aromatic rings. The van der Waals surface area contributed by atoms with Crippen LogP contribution >= 0.6 is 0 Å². The van der Waals surface area contributed by atoms with Crippen molar-refractivity contribution in [1.82, 2.24) is 15.2 Å². The van der Waals surface area contributed by atoms with Gasteiger partial charge in [0.15, 0.2) is 0 Å². The van der Waals surface area contributed by atoms with Crippen LogP contribution in [0.5, 0.6) is 0 Å². The highest BCUT2D eigenvalue weighted by Gasteiger charge is 2.39. The lowest BCUT2D eigenvalue weighted by atomic mass is 10.0. The van der Waals surface area contributed by atoms with Crippen molar-refractivity contribution >= 4 is 17.5 Å². The van der Waals surface area contributed by atoms with Crippen LogP contribution in [-0.2, 0) is 17.1 Å². The number of halogens is 6. The van der Waals surface area contributed by atoms with Crippen LogP contribution in [0.4, 0.5) is 32.0 Å². The molecule has 2 aliphatic heterocycles. The SMILES string of the molecule is O=C1Nc2cnc(-c3cc(C(F)(F)F)cc(C(F)(F)F)c3)cc2C(=O)N2CCNCC12. The van der Waals surface area contributed by atoms with Gasteiger partial charge in [0.25, 0.3) is 5.91 Å². The third-order valence-corrected chi connectivity index (χ3v) is 5.08. The summed E-state index contributed by atoms with van der Waals surface area (Å²) >= 11 is 0. The summed E-state index contributed by atoms with van der Waals surface area (Å²) < 4.78 is 79.0.